The van der Waals surface area contributed by atoms with Gasteiger partial charge in [0.2, 0.25) is 5.82 Å². The number of amides is 1. The SMILES string of the molecule is CCN(C(=O)c1cc(N)n2nc(-c3nccs3)nc2c1)C(C)C. The summed E-state index contributed by atoms with van der Waals surface area (Å²) in [6.07, 6.45) is 1.70. The van der Waals surface area contributed by atoms with Crippen molar-refractivity contribution >= 4 is 28.7 Å². The fraction of sp³-hybridized carbons (Fsp3) is 0.333. The summed E-state index contributed by atoms with van der Waals surface area (Å²) >= 11 is 1.45. The van der Waals surface area contributed by atoms with E-state index in [0.29, 0.717) is 29.4 Å². The highest BCUT2D eigenvalue weighted by molar-refractivity contribution is 7.13. The van der Waals surface area contributed by atoms with Crippen molar-refractivity contribution in [2.75, 3.05) is 12.3 Å². The number of thiazole rings is 1. The summed E-state index contributed by atoms with van der Waals surface area (Å²) in [5.74, 6) is 0.823. The number of rotatable bonds is 4. The van der Waals surface area contributed by atoms with Gasteiger partial charge in [-0.15, -0.1) is 16.4 Å². The third kappa shape index (κ3) is 2.77. The van der Waals surface area contributed by atoms with Crippen LogP contribution in [0.1, 0.15) is 31.1 Å². The van der Waals surface area contributed by atoms with E-state index in [1.165, 1.54) is 15.9 Å². The standard InChI is InChI=1S/C15H18N6OS/c1-4-20(9(2)3)15(22)10-7-11(16)21-12(8-10)18-13(19-21)14-17-5-6-23-14/h5-9H,4,16H2,1-3H3. The largest absolute Gasteiger partial charge is 0.384 e. The van der Waals surface area contributed by atoms with Crippen LogP contribution in [0.5, 0.6) is 0 Å². The molecule has 0 aromatic carbocycles. The van der Waals surface area contributed by atoms with Gasteiger partial charge >= 0.3 is 0 Å². The molecule has 0 spiro atoms. The zero-order chi connectivity index (χ0) is 16.6. The van der Waals surface area contributed by atoms with Crippen LogP contribution in [0.4, 0.5) is 5.82 Å². The molecule has 0 saturated heterocycles. The molecule has 0 bridgehead atoms. The number of nitrogens with two attached hydrogens (primary N) is 1. The Labute approximate surface area is 137 Å². The highest BCUT2D eigenvalue weighted by Crippen LogP contribution is 2.21. The normalized spacial score (nSPS) is 11.3. The molecule has 3 aromatic rings. The Morgan fingerprint density at radius 1 is 1.43 bits per heavy atom. The van der Waals surface area contributed by atoms with Gasteiger partial charge in [-0.25, -0.2) is 9.97 Å². The number of fused-ring (bicyclic) bond motifs is 1. The number of hydrogen-bond donors (Lipinski definition) is 1. The van der Waals surface area contributed by atoms with E-state index in [0.717, 1.165) is 5.01 Å². The van der Waals surface area contributed by atoms with Gasteiger partial charge in [0.15, 0.2) is 10.7 Å². The Balaban J connectivity index is 2.05. The Kier molecular flexibility index (Phi) is 3.99. The highest BCUT2D eigenvalue weighted by Gasteiger charge is 2.20. The maximum Gasteiger partial charge on any atom is 0.254 e. The number of hydrogen-bond acceptors (Lipinski definition) is 6. The Bertz CT molecular complexity index is 839. The van der Waals surface area contributed by atoms with Crippen molar-refractivity contribution in [1.29, 1.82) is 0 Å². The van der Waals surface area contributed by atoms with Crippen LogP contribution in [0, 0.1) is 0 Å². The van der Waals surface area contributed by atoms with Gasteiger partial charge in [0.25, 0.3) is 5.91 Å². The fourth-order valence-electron chi connectivity index (χ4n) is 2.47. The number of carbonyl (C=O) groups excluding carboxylic acids is 1. The molecule has 2 N–H and O–H groups in total. The monoisotopic (exact) mass is 330 g/mol. The summed E-state index contributed by atoms with van der Waals surface area (Å²) in [5, 5.41) is 6.94. The van der Waals surface area contributed by atoms with E-state index < -0.39 is 0 Å². The number of carbonyl (C=O) groups is 1. The van der Waals surface area contributed by atoms with E-state index in [1.807, 2.05) is 26.2 Å². The maximum atomic E-state index is 12.7. The Morgan fingerprint density at radius 2 is 2.22 bits per heavy atom. The molecular weight excluding hydrogens is 312 g/mol. The number of nitrogen functional groups attached to an aromatic ring is 1. The summed E-state index contributed by atoms with van der Waals surface area (Å²) in [7, 11) is 0. The molecule has 3 aromatic heterocycles. The van der Waals surface area contributed by atoms with E-state index in [9.17, 15) is 4.79 Å². The molecule has 120 valence electrons. The number of aromatic nitrogens is 4. The van der Waals surface area contributed by atoms with Gasteiger partial charge in [0, 0.05) is 29.7 Å². The molecule has 0 radical (unpaired) electrons. The average molecular weight is 330 g/mol. The first-order chi connectivity index (χ1) is 11.0. The van der Waals surface area contributed by atoms with Crippen LogP contribution >= 0.6 is 11.3 Å². The minimum Gasteiger partial charge on any atom is -0.384 e. The Hall–Kier alpha value is -2.48. The molecule has 0 atom stereocenters. The van der Waals surface area contributed by atoms with Crippen molar-refractivity contribution < 1.29 is 4.79 Å². The molecule has 3 heterocycles. The Morgan fingerprint density at radius 3 is 2.83 bits per heavy atom. The van der Waals surface area contributed by atoms with Crippen LogP contribution in [0.25, 0.3) is 16.5 Å². The maximum absolute atomic E-state index is 12.7. The lowest BCUT2D eigenvalue weighted by atomic mass is 10.2. The van der Waals surface area contributed by atoms with Gasteiger partial charge in [-0.1, -0.05) is 0 Å². The molecule has 0 saturated carbocycles. The third-order valence-electron chi connectivity index (χ3n) is 3.56. The summed E-state index contributed by atoms with van der Waals surface area (Å²) in [6, 6.07) is 3.47. The lowest BCUT2D eigenvalue weighted by Gasteiger charge is -2.25. The first-order valence-corrected chi connectivity index (χ1v) is 8.26. The predicted octanol–water partition coefficient (Wildman–Crippen LogP) is 2.31. The van der Waals surface area contributed by atoms with E-state index in [1.54, 1.807) is 23.2 Å². The first-order valence-electron chi connectivity index (χ1n) is 7.38. The molecule has 0 fully saturated rings. The summed E-state index contributed by atoms with van der Waals surface area (Å²) in [4.78, 5) is 23.1. The van der Waals surface area contributed by atoms with Crippen molar-refractivity contribution in [3.63, 3.8) is 0 Å². The van der Waals surface area contributed by atoms with Gasteiger partial charge in [0.05, 0.1) is 0 Å². The molecule has 0 aliphatic carbocycles. The van der Waals surface area contributed by atoms with Crippen molar-refractivity contribution in [2.24, 2.45) is 0 Å². The van der Waals surface area contributed by atoms with E-state index in [-0.39, 0.29) is 11.9 Å². The van der Waals surface area contributed by atoms with Crippen molar-refractivity contribution in [1.82, 2.24) is 24.5 Å². The zero-order valence-electron chi connectivity index (χ0n) is 13.2. The molecular formula is C15H18N6OS. The lowest BCUT2D eigenvalue weighted by molar-refractivity contribution is 0.0717. The average Bonchev–Trinajstić information content (AvgIpc) is 3.16. The van der Waals surface area contributed by atoms with Crippen LogP contribution in [0.15, 0.2) is 23.7 Å². The van der Waals surface area contributed by atoms with E-state index in [2.05, 4.69) is 15.1 Å². The molecule has 0 aliphatic heterocycles. The molecule has 23 heavy (non-hydrogen) atoms. The second kappa shape index (κ2) is 5.96. The second-order valence-corrected chi connectivity index (χ2v) is 6.29. The summed E-state index contributed by atoms with van der Waals surface area (Å²) in [6.45, 7) is 6.57. The minimum atomic E-state index is -0.0597. The van der Waals surface area contributed by atoms with Gasteiger partial charge in [-0.05, 0) is 32.9 Å². The smallest absolute Gasteiger partial charge is 0.254 e. The molecule has 8 heteroatoms. The topological polar surface area (TPSA) is 89.4 Å². The molecule has 3 rings (SSSR count). The molecule has 1 amide bonds. The summed E-state index contributed by atoms with van der Waals surface area (Å²) in [5.41, 5.74) is 7.11. The van der Waals surface area contributed by atoms with Gasteiger partial charge in [-0.2, -0.15) is 4.52 Å². The first kappa shape index (κ1) is 15.4. The lowest BCUT2D eigenvalue weighted by Crippen LogP contribution is -2.36. The van der Waals surface area contributed by atoms with Crippen LogP contribution < -0.4 is 5.73 Å². The highest BCUT2D eigenvalue weighted by atomic mass is 32.1. The number of anilines is 1. The van der Waals surface area contributed by atoms with Crippen molar-refractivity contribution in [3.05, 3.63) is 29.3 Å². The quantitative estimate of drug-likeness (QED) is 0.793. The summed E-state index contributed by atoms with van der Waals surface area (Å²) < 4.78 is 1.53. The third-order valence-corrected chi connectivity index (χ3v) is 4.33. The minimum absolute atomic E-state index is 0.0597. The number of nitrogens with zero attached hydrogens (tertiary/aromatic N) is 5. The van der Waals surface area contributed by atoms with Crippen molar-refractivity contribution in [3.8, 4) is 10.8 Å². The molecule has 7 nitrogen and oxygen atoms in total. The molecule has 0 unspecified atom stereocenters. The van der Waals surface area contributed by atoms with Crippen molar-refractivity contribution in [2.45, 2.75) is 26.8 Å². The van der Waals surface area contributed by atoms with E-state index in [4.69, 9.17) is 5.73 Å². The van der Waals surface area contributed by atoms with Crippen LogP contribution in [-0.4, -0.2) is 43.0 Å². The van der Waals surface area contributed by atoms with Crippen LogP contribution in [-0.2, 0) is 0 Å². The van der Waals surface area contributed by atoms with Gasteiger partial charge in [-0.3, -0.25) is 4.79 Å². The second-order valence-electron chi connectivity index (χ2n) is 5.40. The fourth-order valence-corrected chi connectivity index (χ4v) is 3.03. The van der Waals surface area contributed by atoms with Gasteiger partial charge < -0.3 is 10.6 Å². The van der Waals surface area contributed by atoms with Gasteiger partial charge in [0.1, 0.15) is 5.82 Å². The number of pyridine rings is 1. The van der Waals surface area contributed by atoms with Crippen LogP contribution in [0.2, 0.25) is 0 Å². The predicted molar refractivity (Wildman–Crippen MR) is 90.4 cm³/mol. The van der Waals surface area contributed by atoms with Crippen LogP contribution in [0.3, 0.4) is 0 Å². The zero-order valence-corrected chi connectivity index (χ0v) is 14.0. The van der Waals surface area contributed by atoms with E-state index >= 15 is 0 Å². The molecule has 0 aliphatic rings.